The van der Waals surface area contributed by atoms with Crippen LogP contribution in [0.4, 0.5) is 0 Å². The van der Waals surface area contributed by atoms with Gasteiger partial charge >= 0.3 is 0 Å². The van der Waals surface area contributed by atoms with E-state index in [2.05, 4.69) is 53.7 Å². The number of nitrogens with zero attached hydrogens (tertiary/aromatic N) is 1. The van der Waals surface area contributed by atoms with E-state index in [1.807, 2.05) is 13.8 Å². The van der Waals surface area contributed by atoms with Crippen LogP contribution in [0.2, 0.25) is 0 Å². The van der Waals surface area contributed by atoms with Crippen LogP contribution in [0.25, 0.3) is 0 Å². The molecule has 3 N–H and O–H groups in total. The molecule has 2 atom stereocenters. The molecule has 6 nitrogen and oxygen atoms in total. The molecular formula is C24H45N3O3. The van der Waals surface area contributed by atoms with E-state index in [0.717, 1.165) is 38.5 Å². The maximum atomic E-state index is 12.1. The number of hydrogen-bond acceptors (Lipinski definition) is 4. The lowest BCUT2D eigenvalue weighted by atomic mass is 10.2. The molecule has 0 saturated heterocycles. The Morgan fingerprint density at radius 3 is 1.63 bits per heavy atom. The Kier molecular flexibility index (Phi) is 18.2. The first-order valence-corrected chi connectivity index (χ1v) is 11.6. The molecule has 174 valence electrons. The number of unbranched alkanes of at least 4 members (excludes halogenated alkanes) is 2. The van der Waals surface area contributed by atoms with E-state index in [9.17, 15) is 14.7 Å². The molecule has 0 radical (unpaired) electrons. The molecular weight excluding hydrogens is 378 g/mol. The molecule has 0 aromatic heterocycles. The summed E-state index contributed by atoms with van der Waals surface area (Å²) in [5, 5.41) is 15.4. The minimum absolute atomic E-state index is 0.0107. The Bertz CT molecular complexity index is 464. The minimum Gasteiger partial charge on any atom is -0.395 e. The molecule has 0 rings (SSSR count). The van der Waals surface area contributed by atoms with Gasteiger partial charge in [-0.15, -0.1) is 0 Å². The fourth-order valence-corrected chi connectivity index (χ4v) is 3.29. The molecule has 0 aliphatic carbocycles. The van der Waals surface area contributed by atoms with Crippen LogP contribution < -0.4 is 10.6 Å². The molecule has 30 heavy (non-hydrogen) atoms. The average molecular weight is 424 g/mol. The average Bonchev–Trinajstić information content (AvgIpc) is 2.67. The van der Waals surface area contributed by atoms with Crippen LogP contribution in [0.15, 0.2) is 24.3 Å². The quantitative estimate of drug-likeness (QED) is 0.233. The number of nitrogens with one attached hydrogen (secondary N) is 2. The van der Waals surface area contributed by atoms with Crippen LogP contribution in [-0.2, 0) is 9.59 Å². The zero-order chi connectivity index (χ0) is 22.6. The molecule has 0 aliphatic heterocycles. The van der Waals surface area contributed by atoms with E-state index in [1.165, 1.54) is 0 Å². The van der Waals surface area contributed by atoms with Gasteiger partial charge < -0.3 is 15.7 Å². The molecule has 0 bridgehead atoms. The van der Waals surface area contributed by atoms with E-state index >= 15 is 0 Å². The summed E-state index contributed by atoms with van der Waals surface area (Å²) < 4.78 is 0. The van der Waals surface area contributed by atoms with E-state index in [4.69, 9.17) is 0 Å². The van der Waals surface area contributed by atoms with Gasteiger partial charge in [0.15, 0.2) is 0 Å². The van der Waals surface area contributed by atoms with Crippen molar-refractivity contribution in [3.8, 4) is 0 Å². The van der Waals surface area contributed by atoms with Gasteiger partial charge in [0.1, 0.15) is 0 Å². The largest absolute Gasteiger partial charge is 0.395 e. The first-order valence-electron chi connectivity index (χ1n) is 11.6. The van der Waals surface area contributed by atoms with Crippen LogP contribution >= 0.6 is 0 Å². The molecule has 0 fully saturated rings. The van der Waals surface area contributed by atoms with Gasteiger partial charge in [-0.3, -0.25) is 14.5 Å². The van der Waals surface area contributed by atoms with E-state index in [-0.39, 0.29) is 30.5 Å². The third-order valence-electron chi connectivity index (χ3n) is 4.65. The Morgan fingerprint density at radius 2 is 1.27 bits per heavy atom. The summed E-state index contributed by atoms with van der Waals surface area (Å²) >= 11 is 0. The highest BCUT2D eigenvalue weighted by molar-refractivity contribution is 5.76. The first kappa shape index (κ1) is 28.3. The zero-order valence-electron chi connectivity index (χ0n) is 19.7. The summed E-state index contributed by atoms with van der Waals surface area (Å²) in [4.78, 5) is 26.3. The second kappa shape index (κ2) is 19.3. The molecule has 6 heteroatoms. The van der Waals surface area contributed by atoms with Crippen molar-refractivity contribution in [1.82, 2.24) is 15.5 Å². The Hall–Kier alpha value is -1.66. The maximum absolute atomic E-state index is 12.1. The molecule has 0 aromatic rings. The highest BCUT2D eigenvalue weighted by atomic mass is 16.3. The lowest BCUT2D eigenvalue weighted by Crippen LogP contribution is -2.48. The van der Waals surface area contributed by atoms with Crippen LogP contribution in [0.1, 0.15) is 79.1 Å². The van der Waals surface area contributed by atoms with Crippen molar-refractivity contribution in [2.75, 3.05) is 26.2 Å². The molecule has 0 aromatic carbocycles. The topological polar surface area (TPSA) is 81.7 Å². The summed E-state index contributed by atoms with van der Waals surface area (Å²) in [5.74, 6) is 0.129. The lowest BCUT2D eigenvalue weighted by Gasteiger charge is -2.28. The second-order valence-corrected chi connectivity index (χ2v) is 7.96. The molecule has 0 aliphatic rings. The van der Waals surface area contributed by atoms with Gasteiger partial charge in [-0.1, -0.05) is 38.2 Å². The maximum Gasteiger partial charge on any atom is 0.220 e. The number of amides is 2. The third-order valence-corrected chi connectivity index (χ3v) is 4.65. The molecule has 0 spiro atoms. The molecule has 2 unspecified atom stereocenters. The monoisotopic (exact) mass is 423 g/mol. The number of aliphatic hydroxyl groups is 1. The van der Waals surface area contributed by atoms with Gasteiger partial charge in [0, 0.05) is 44.6 Å². The van der Waals surface area contributed by atoms with E-state index < -0.39 is 0 Å². The highest BCUT2D eigenvalue weighted by Gasteiger charge is 2.16. The lowest BCUT2D eigenvalue weighted by molar-refractivity contribution is -0.122. The van der Waals surface area contributed by atoms with Gasteiger partial charge in [-0.25, -0.2) is 0 Å². The zero-order valence-corrected chi connectivity index (χ0v) is 19.7. The highest BCUT2D eigenvalue weighted by Crippen LogP contribution is 2.02. The first-order chi connectivity index (χ1) is 14.4. The summed E-state index contributed by atoms with van der Waals surface area (Å²) in [6.45, 7) is 10.0. The van der Waals surface area contributed by atoms with Gasteiger partial charge in [0.05, 0.1) is 6.61 Å². The predicted molar refractivity (Wildman–Crippen MR) is 125 cm³/mol. The predicted octanol–water partition coefficient (Wildman–Crippen LogP) is 3.56. The van der Waals surface area contributed by atoms with Crippen molar-refractivity contribution >= 4 is 11.8 Å². The Morgan fingerprint density at radius 1 is 0.833 bits per heavy atom. The summed E-state index contributed by atoms with van der Waals surface area (Å²) in [6, 6.07) is -0.0213. The van der Waals surface area contributed by atoms with Crippen LogP contribution in [0.5, 0.6) is 0 Å². The summed E-state index contributed by atoms with van der Waals surface area (Å²) in [5.41, 5.74) is 0. The SMILES string of the molecule is CC/C=C/CCCC(=O)NC(C)CN(CCO)CC(C)NC(=O)CCC/C=C/CC. The Labute approximate surface area is 184 Å². The third kappa shape index (κ3) is 17.2. The normalized spacial score (nSPS) is 13.8. The van der Waals surface area contributed by atoms with Crippen LogP contribution in [-0.4, -0.2) is 60.1 Å². The summed E-state index contributed by atoms with van der Waals surface area (Å²) in [7, 11) is 0. The number of hydrogen-bond donors (Lipinski definition) is 3. The summed E-state index contributed by atoms with van der Waals surface area (Å²) in [6.07, 6.45) is 15.2. The number of carbonyl (C=O) groups excluding carboxylic acids is 2. The van der Waals surface area contributed by atoms with E-state index in [1.54, 1.807) is 0 Å². The van der Waals surface area contributed by atoms with Gasteiger partial charge in [0.2, 0.25) is 11.8 Å². The van der Waals surface area contributed by atoms with Gasteiger partial charge in [0.25, 0.3) is 0 Å². The van der Waals surface area contributed by atoms with Crippen molar-refractivity contribution in [3.05, 3.63) is 24.3 Å². The number of aliphatic hydroxyl groups excluding tert-OH is 1. The van der Waals surface area contributed by atoms with Crippen molar-refractivity contribution in [2.45, 2.75) is 91.1 Å². The van der Waals surface area contributed by atoms with E-state index in [0.29, 0.717) is 32.5 Å². The number of carbonyl (C=O) groups is 2. The second-order valence-electron chi connectivity index (χ2n) is 7.96. The number of rotatable bonds is 18. The Balaban J connectivity index is 4.23. The van der Waals surface area contributed by atoms with Crippen molar-refractivity contribution in [3.63, 3.8) is 0 Å². The molecule has 2 amide bonds. The standard InChI is InChI=1S/C24H45N3O3/c1-5-7-9-11-13-15-23(29)25-21(3)19-27(17-18-28)20-22(4)26-24(30)16-14-12-10-8-6-2/h7-10,21-22,28H,5-6,11-20H2,1-4H3,(H,25,29)(H,26,30)/b9-7+,10-8+. The molecule has 0 heterocycles. The number of allylic oxidation sites excluding steroid dienone is 4. The molecule has 0 saturated carbocycles. The van der Waals surface area contributed by atoms with Crippen LogP contribution in [0.3, 0.4) is 0 Å². The minimum atomic E-state index is -0.0107. The van der Waals surface area contributed by atoms with Gasteiger partial charge in [-0.05, 0) is 52.4 Å². The van der Waals surface area contributed by atoms with Crippen molar-refractivity contribution < 1.29 is 14.7 Å². The fraction of sp³-hybridized carbons (Fsp3) is 0.750. The van der Waals surface area contributed by atoms with Crippen molar-refractivity contribution in [2.24, 2.45) is 0 Å². The van der Waals surface area contributed by atoms with Gasteiger partial charge in [-0.2, -0.15) is 0 Å². The fourth-order valence-electron chi connectivity index (χ4n) is 3.29. The van der Waals surface area contributed by atoms with Crippen LogP contribution in [0, 0.1) is 0 Å². The smallest absolute Gasteiger partial charge is 0.220 e. The van der Waals surface area contributed by atoms with Crippen molar-refractivity contribution in [1.29, 1.82) is 0 Å².